The summed E-state index contributed by atoms with van der Waals surface area (Å²) in [7, 11) is 1.58. The Labute approximate surface area is 180 Å². The van der Waals surface area contributed by atoms with E-state index in [-0.39, 0.29) is 5.91 Å². The zero-order valence-electron chi connectivity index (χ0n) is 16.8. The molecule has 2 saturated heterocycles. The molecule has 0 spiro atoms. The lowest BCUT2D eigenvalue weighted by Crippen LogP contribution is -2.44. The third-order valence-corrected chi connectivity index (χ3v) is 8.10. The fourth-order valence-corrected chi connectivity index (χ4v) is 6.66. The molecule has 2 aliphatic rings. The van der Waals surface area contributed by atoms with Gasteiger partial charge in [-0.2, -0.15) is 28.6 Å². The van der Waals surface area contributed by atoms with Gasteiger partial charge >= 0.3 is 0 Å². The Morgan fingerprint density at radius 2 is 1.83 bits per heavy atom. The van der Waals surface area contributed by atoms with Gasteiger partial charge in [-0.15, -0.1) is 0 Å². The minimum Gasteiger partial charge on any atom is -0.496 e. The first-order valence-electron chi connectivity index (χ1n) is 10.1. The van der Waals surface area contributed by atoms with Gasteiger partial charge in [0.1, 0.15) is 11.6 Å². The third-order valence-electron chi connectivity index (χ3n) is 5.62. The van der Waals surface area contributed by atoms with E-state index in [1.807, 2.05) is 22.9 Å². The van der Waals surface area contributed by atoms with Gasteiger partial charge in [0, 0.05) is 48.2 Å². The van der Waals surface area contributed by atoms with E-state index in [1.54, 1.807) is 25.4 Å². The Kier molecular flexibility index (Phi) is 7.05. The monoisotopic (exact) mass is 432 g/mol. The zero-order chi connectivity index (χ0) is 20.1. The first-order chi connectivity index (χ1) is 14.3. The summed E-state index contributed by atoms with van der Waals surface area (Å²) in [6, 6.07) is 10.2. The fourth-order valence-electron chi connectivity index (χ4n) is 4.03. The van der Waals surface area contributed by atoms with Crippen molar-refractivity contribution in [1.29, 1.82) is 0 Å². The van der Waals surface area contributed by atoms with Crippen LogP contribution in [0.4, 0.5) is 5.82 Å². The van der Waals surface area contributed by atoms with Crippen molar-refractivity contribution in [3.63, 3.8) is 0 Å². The lowest BCUT2D eigenvalue weighted by Gasteiger charge is -2.37. The van der Waals surface area contributed by atoms with Crippen LogP contribution < -0.4 is 10.1 Å². The summed E-state index contributed by atoms with van der Waals surface area (Å²) in [5.41, 5.74) is 0.529. The molecule has 8 heteroatoms. The number of benzene rings is 1. The summed E-state index contributed by atoms with van der Waals surface area (Å²) >= 11 is 4.18. The minimum absolute atomic E-state index is 0.172. The lowest BCUT2D eigenvalue weighted by atomic mass is 10.0. The number of nitrogens with one attached hydrogen (secondary N) is 1. The Morgan fingerprint density at radius 3 is 2.55 bits per heavy atom. The van der Waals surface area contributed by atoms with Crippen molar-refractivity contribution in [1.82, 2.24) is 14.7 Å². The fraction of sp³-hybridized carbons (Fsp3) is 0.524. The molecule has 0 bridgehead atoms. The maximum Gasteiger partial charge on any atom is 0.260 e. The molecule has 0 aliphatic carbocycles. The van der Waals surface area contributed by atoms with Gasteiger partial charge in [0.05, 0.1) is 24.9 Å². The van der Waals surface area contributed by atoms with Gasteiger partial charge in [-0.1, -0.05) is 12.1 Å². The Morgan fingerprint density at radius 1 is 1.10 bits per heavy atom. The van der Waals surface area contributed by atoms with E-state index in [2.05, 4.69) is 38.8 Å². The van der Waals surface area contributed by atoms with Gasteiger partial charge < -0.3 is 10.1 Å². The van der Waals surface area contributed by atoms with Crippen LogP contribution >= 0.6 is 23.5 Å². The van der Waals surface area contributed by atoms with Gasteiger partial charge in [0.15, 0.2) is 0 Å². The number of nitrogens with zero attached hydrogens (tertiary/aromatic N) is 3. The molecule has 2 aromatic rings. The number of para-hydroxylation sites is 1. The number of carbonyl (C=O) groups excluding carboxylic acids is 1. The average Bonchev–Trinajstić information content (AvgIpc) is 3.05. The molecule has 29 heavy (non-hydrogen) atoms. The Bertz CT molecular complexity index is 813. The van der Waals surface area contributed by atoms with Gasteiger partial charge in [-0.25, -0.2) is 4.68 Å². The van der Waals surface area contributed by atoms with E-state index in [9.17, 15) is 4.79 Å². The highest BCUT2D eigenvalue weighted by molar-refractivity contribution is 8.03. The van der Waals surface area contributed by atoms with Crippen LogP contribution in [-0.2, 0) is 0 Å². The second kappa shape index (κ2) is 9.91. The zero-order valence-corrected chi connectivity index (χ0v) is 18.4. The molecular weight excluding hydrogens is 404 g/mol. The number of methoxy groups -OCH3 is 1. The van der Waals surface area contributed by atoms with E-state index < -0.39 is 0 Å². The Balaban J connectivity index is 1.39. The van der Waals surface area contributed by atoms with E-state index in [4.69, 9.17) is 4.74 Å². The van der Waals surface area contributed by atoms with Crippen LogP contribution in [0.1, 0.15) is 29.2 Å². The molecule has 1 amide bonds. The summed E-state index contributed by atoms with van der Waals surface area (Å²) in [5.74, 6) is 6.21. The van der Waals surface area contributed by atoms with E-state index >= 15 is 0 Å². The first-order valence-corrected chi connectivity index (χ1v) is 12.4. The average molecular weight is 433 g/mol. The van der Waals surface area contributed by atoms with Gasteiger partial charge in [0.2, 0.25) is 0 Å². The minimum atomic E-state index is -0.172. The van der Waals surface area contributed by atoms with Crippen molar-refractivity contribution >= 4 is 35.2 Å². The molecule has 156 valence electrons. The van der Waals surface area contributed by atoms with Crippen molar-refractivity contribution in [2.24, 2.45) is 0 Å². The third kappa shape index (κ3) is 4.92. The molecule has 2 fully saturated rings. The number of ether oxygens (including phenoxy) is 1. The number of piperidine rings is 1. The number of carbonyl (C=O) groups is 1. The van der Waals surface area contributed by atoms with Crippen LogP contribution in [-0.4, -0.2) is 69.8 Å². The van der Waals surface area contributed by atoms with Crippen molar-refractivity contribution in [3.8, 4) is 5.75 Å². The number of hydrogen-bond acceptors (Lipinski definition) is 6. The van der Waals surface area contributed by atoms with Gasteiger partial charge in [-0.3, -0.25) is 9.69 Å². The molecule has 1 N–H and O–H groups in total. The summed E-state index contributed by atoms with van der Waals surface area (Å²) in [6.45, 7) is 2.19. The van der Waals surface area contributed by atoms with Crippen LogP contribution in [0.2, 0.25) is 0 Å². The maximum atomic E-state index is 12.8. The quantitative estimate of drug-likeness (QED) is 0.779. The number of anilines is 1. The van der Waals surface area contributed by atoms with E-state index in [0.717, 1.165) is 31.7 Å². The number of amides is 1. The second-order valence-corrected chi connectivity index (χ2v) is 9.69. The topological polar surface area (TPSA) is 59.4 Å². The lowest BCUT2D eigenvalue weighted by molar-refractivity contribution is 0.102. The van der Waals surface area contributed by atoms with Crippen molar-refractivity contribution < 1.29 is 9.53 Å². The summed E-state index contributed by atoms with van der Waals surface area (Å²) in [6.07, 6.45) is 3.89. The van der Waals surface area contributed by atoms with Crippen molar-refractivity contribution in [3.05, 3.63) is 42.1 Å². The molecule has 0 atom stereocenters. The number of likely N-dealkylation sites (tertiary alicyclic amines) is 1. The molecule has 3 heterocycles. The van der Waals surface area contributed by atoms with Crippen LogP contribution in [0.5, 0.6) is 5.75 Å². The highest BCUT2D eigenvalue weighted by Gasteiger charge is 2.28. The molecule has 1 aromatic heterocycles. The number of aromatic nitrogens is 2. The molecule has 1 aromatic carbocycles. The van der Waals surface area contributed by atoms with Gasteiger partial charge in [0.25, 0.3) is 5.91 Å². The predicted octanol–water partition coefficient (Wildman–Crippen LogP) is 3.63. The maximum absolute atomic E-state index is 12.8. The largest absolute Gasteiger partial charge is 0.496 e. The molecule has 0 saturated carbocycles. The number of rotatable bonds is 5. The standard InChI is InChI=1S/C21H28N4O2S2/c1-27-19-5-3-2-4-18(19)21(26)23-20-6-9-22-25(20)16-7-10-24(11-8-16)17-14-28-12-13-29-15-17/h2-6,9,16-17H,7-8,10-15H2,1H3,(H,23,26). The summed E-state index contributed by atoms with van der Waals surface area (Å²) in [5, 5.41) is 7.55. The van der Waals surface area contributed by atoms with Crippen LogP contribution in [0.25, 0.3) is 0 Å². The highest BCUT2D eigenvalue weighted by atomic mass is 32.2. The molecule has 0 unspecified atom stereocenters. The van der Waals surface area contributed by atoms with Crippen LogP contribution in [0.3, 0.4) is 0 Å². The predicted molar refractivity (Wildman–Crippen MR) is 121 cm³/mol. The summed E-state index contributed by atoms with van der Waals surface area (Å²) in [4.78, 5) is 15.4. The van der Waals surface area contributed by atoms with E-state index in [1.165, 1.54) is 23.0 Å². The van der Waals surface area contributed by atoms with Crippen LogP contribution in [0, 0.1) is 0 Å². The molecule has 0 radical (unpaired) electrons. The number of hydrogen-bond donors (Lipinski definition) is 1. The smallest absolute Gasteiger partial charge is 0.260 e. The van der Waals surface area contributed by atoms with E-state index in [0.29, 0.717) is 23.4 Å². The highest BCUT2D eigenvalue weighted by Crippen LogP contribution is 2.29. The van der Waals surface area contributed by atoms with Crippen molar-refractivity contribution in [2.75, 3.05) is 48.5 Å². The molecular formula is C21H28N4O2S2. The second-order valence-electron chi connectivity index (χ2n) is 7.39. The van der Waals surface area contributed by atoms with Crippen LogP contribution in [0.15, 0.2) is 36.5 Å². The molecule has 4 rings (SSSR count). The number of thioether (sulfide) groups is 2. The first kappa shape index (κ1) is 20.6. The van der Waals surface area contributed by atoms with Gasteiger partial charge in [-0.05, 0) is 25.0 Å². The molecule has 2 aliphatic heterocycles. The summed E-state index contributed by atoms with van der Waals surface area (Å²) < 4.78 is 7.31. The normalized spacial score (nSPS) is 19.6. The van der Waals surface area contributed by atoms with Crippen molar-refractivity contribution in [2.45, 2.75) is 24.9 Å². The SMILES string of the molecule is COc1ccccc1C(=O)Nc1ccnn1C1CCN(C2CSCCSC2)CC1. The molecule has 6 nitrogen and oxygen atoms in total. The Hall–Kier alpha value is -1.64.